The maximum absolute atomic E-state index is 10.9. The number of thioether (sulfide) groups is 1. The molecule has 1 unspecified atom stereocenters. The molecule has 1 saturated heterocycles. The van der Waals surface area contributed by atoms with Crippen molar-refractivity contribution in [2.24, 2.45) is 0 Å². The molecule has 1 aliphatic heterocycles. The molecule has 0 aliphatic carbocycles. The lowest BCUT2D eigenvalue weighted by atomic mass is 10.3. The zero-order chi connectivity index (χ0) is 12.1. The minimum atomic E-state index is -0.0373. The molecule has 1 fully saturated rings. The van der Waals surface area contributed by atoms with E-state index in [-0.39, 0.29) is 5.91 Å². The fourth-order valence-corrected chi connectivity index (χ4v) is 2.77. The summed E-state index contributed by atoms with van der Waals surface area (Å²) in [4.78, 5) is 12.1. The molecule has 17 heavy (non-hydrogen) atoms. The van der Waals surface area contributed by atoms with E-state index in [1.807, 2.05) is 36.0 Å². The number of nitrogens with one attached hydrogen (secondary N) is 1. The lowest BCUT2D eigenvalue weighted by Gasteiger charge is -2.09. The van der Waals surface area contributed by atoms with E-state index in [0.717, 1.165) is 18.0 Å². The lowest BCUT2D eigenvalue weighted by molar-refractivity contribution is -0.114. The van der Waals surface area contributed by atoms with Crippen LogP contribution in [0.25, 0.3) is 0 Å². The Morgan fingerprint density at radius 1 is 1.47 bits per heavy atom. The van der Waals surface area contributed by atoms with Gasteiger partial charge < -0.3 is 10.1 Å². The van der Waals surface area contributed by atoms with Crippen LogP contribution in [0.4, 0.5) is 5.69 Å². The average molecular weight is 251 g/mol. The minimum Gasteiger partial charge on any atom is -0.377 e. The van der Waals surface area contributed by atoms with Gasteiger partial charge in [0, 0.05) is 29.9 Å². The highest BCUT2D eigenvalue weighted by Crippen LogP contribution is 2.24. The SMILES string of the molecule is CC(=O)Nc1ccc(SCC2CCCO2)cc1. The number of ether oxygens (including phenoxy) is 1. The second-order valence-electron chi connectivity index (χ2n) is 4.15. The van der Waals surface area contributed by atoms with Crippen LogP contribution < -0.4 is 5.32 Å². The van der Waals surface area contributed by atoms with Crippen molar-refractivity contribution in [3.05, 3.63) is 24.3 Å². The summed E-state index contributed by atoms with van der Waals surface area (Å²) in [6, 6.07) is 7.92. The summed E-state index contributed by atoms with van der Waals surface area (Å²) >= 11 is 1.81. The molecular formula is C13H17NO2S. The highest BCUT2D eigenvalue weighted by molar-refractivity contribution is 7.99. The van der Waals surface area contributed by atoms with Crippen LogP contribution in [0, 0.1) is 0 Å². The van der Waals surface area contributed by atoms with Crippen LogP contribution in [0.1, 0.15) is 19.8 Å². The smallest absolute Gasteiger partial charge is 0.221 e. The molecule has 92 valence electrons. The van der Waals surface area contributed by atoms with Crippen LogP contribution in [0.3, 0.4) is 0 Å². The predicted molar refractivity (Wildman–Crippen MR) is 70.4 cm³/mol. The van der Waals surface area contributed by atoms with Gasteiger partial charge >= 0.3 is 0 Å². The highest BCUT2D eigenvalue weighted by atomic mass is 32.2. The van der Waals surface area contributed by atoms with E-state index in [1.165, 1.54) is 24.7 Å². The Labute approximate surface area is 106 Å². The van der Waals surface area contributed by atoms with E-state index in [2.05, 4.69) is 5.32 Å². The van der Waals surface area contributed by atoms with Gasteiger partial charge in [0.2, 0.25) is 5.91 Å². The molecule has 1 N–H and O–H groups in total. The standard InChI is InChI=1S/C13H17NO2S/c1-10(15)14-11-4-6-13(7-5-11)17-9-12-3-2-8-16-12/h4-7,12H,2-3,8-9H2,1H3,(H,14,15). The first-order valence-corrected chi connectivity index (χ1v) is 6.84. The Morgan fingerprint density at radius 3 is 2.82 bits per heavy atom. The number of benzene rings is 1. The van der Waals surface area contributed by atoms with Crippen molar-refractivity contribution in [2.45, 2.75) is 30.8 Å². The van der Waals surface area contributed by atoms with Crippen molar-refractivity contribution >= 4 is 23.4 Å². The first kappa shape index (κ1) is 12.5. The fourth-order valence-electron chi connectivity index (χ4n) is 1.80. The molecule has 1 atom stereocenters. The zero-order valence-corrected chi connectivity index (χ0v) is 10.8. The van der Waals surface area contributed by atoms with Crippen molar-refractivity contribution < 1.29 is 9.53 Å². The number of carbonyl (C=O) groups is 1. The van der Waals surface area contributed by atoms with Crippen molar-refractivity contribution in [2.75, 3.05) is 17.7 Å². The van der Waals surface area contributed by atoms with E-state index in [1.54, 1.807) is 0 Å². The monoisotopic (exact) mass is 251 g/mol. The number of carbonyl (C=O) groups excluding carboxylic acids is 1. The van der Waals surface area contributed by atoms with Crippen molar-refractivity contribution in [3.8, 4) is 0 Å². The molecule has 1 aromatic carbocycles. The summed E-state index contributed by atoms with van der Waals surface area (Å²) < 4.78 is 5.57. The summed E-state index contributed by atoms with van der Waals surface area (Å²) in [6.45, 7) is 2.42. The van der Waals surface area contributed by atoms with E-state index >= 15 is 0 Å². The molecule has 1 heterocycles. The van der Waals surface area contributed by atoms with Gasteiger partial charge in [-0.25, -0.2) is 0 Å². The van der Waals surface area contributed by atoms with Crippen LogP contribution in [0.15, 0.2) is 29.2 Å². The van der Waals surface area contributed by atoms with E-state index in [0.29, 0.717) is 6.10 Å². The molecule has 0 radical (unpaired) electrons. The molecular weight excluding hydrogens is 234 g/mol. The van der Waals surface area contributed by atoms with E-state index in [9.17, 15) is 4.79 Å². The third-order valence-electron chi connectivity index (χ3n) is 2.63. The molecule has 4 heteroatoms. The first-order chi connectivity index (χ1) is 8.24. The Kier molecular flexibility index (Phi) is 4.45. The Balaban J connectivity index is 1.82. The van der Waals surface area contributed by atoms with Gasteiger partial charge in [-0.15, -0.1) is 11.8 Å². The summed E-state index contributed by atoms with van der Waals surface area (Å²) in [5.41, 5.74) is 0.846. The van der Waals surface area contributed by atoms with E-state index in [4.69, 9.17) is 4.74 Å². The predicted octanol–water partition coefficient (Wildman–Crippen LogP) is 2.92. The van der Waals surface area contributed by atoms with Crippen LogP contribution in [-0.4, -0.2) is 24.4 Å². The van der Waals surface area contributed by atoms with Gasteiger partial charge in [0.25, 0.3) is 0 Å². The molecule has 1 aromatic rings. The fraction of sp³-hybridized carbons (Fsp3) is 0.462. The summed E-state index contributed by atoms with van der Waals surface area (Å²) in [7, 11) is 0. The van der Waals surface area contributed by atoms with Crippen LogP contribution in [0.2, 0.25) is 0 Å². The Hall–Kier alpha value is -1.00. The molecule has 3 nitrogen and oxygen atoms in total. The number of amides is 1. The Morgan fingerprint density at radius 2 is 2.24 bits per heavy atom. The van der Waals surface area contributed by atoms with Crippen LogP contribution >= 0.6 is 11.8 Å². The minimum absolute atomic E-state index is 0.0373. The maximum Gasteiger partial charge on any atom is 0.221 e. The average Bonchev–Trinajstić information content (AvgIpc) is 2.80. The summed E-state index contributed by atoms with van der Waals surface area (Å²) in [6.07, 6.45) is 2.78. The lowest BCUT2D eigenvalue weighted by Crippen LogP contribution is -2.07. The number of hydrogen-bond donors (Lipinski definition) is 1. The van der Waals surface area contributed by atoms with Gasteiger partial charge in [-0.05, 0) is 37.1 Å². The largest absolute Gasteiger partial charge is 0.377 e. The second-order valence-corrected chi connectivity index (χ2v) is 5.25. The number of hydrogen-bond acceptors (Lipinski definition) is 3. The van der Waals surface area contributed by atoms with Crippen LogP contribution in [-0.2, 0) is 9.53 Å². The second kappa shape index (κ2) is 6.07. The summed E-state index contributed by atoms with van der Waals surface area (Å²) in [5.74, 6) is 0.976. The third kappa shape index (κ3) is 4.06. The van der Waals surface area contributed by atoms with Crippen molar-refractivity contribution in [3.63, 3.8) is 0 Å². The molecule has 0 saturated carbocycles. The van der Waals surface area contributed by atoms with Crippen LogP contribution in [0.5, 0.6) is 0 Å². The first-order valence-electron chi connectivity index (χ1n) is 5.86. The molecule has 1 aliphatic rings. The van der Waals surface area contributed by atoms with Gasteiger partial charge in [0.15, 0.2) is 0 Å². The number of anilines is 1. The molecule has 1 amide bonds. The third-order valence-corrected chi connectivity index (χ3v) is 3.78. The number of rotatable bonds is 4. The highest BCUT2D eigenvalue weighted by Gasteiger charge is 2.15. The normalized spacial score (nSPS) is 19.2. The van der Waals surface area contributed by atoms with Gasteiger partial charge in [-0.3, -0.25) is 4.79 Å². The summed E-state index contributed by atoms with van der Waals surface area (Å²) in [5, 5.41) is 2.76. The maximum atomic E-state index is 10.9. The van der Waals surface area contributed by atoms with Gasteiger partial charge in [0.05, 0.1) is 6.10 Å². The molecule has 0 spiro atoms. The van der Waals surface area contributed by atoms with Crippen molar-refractivity contribution in [1.29, 1.82) is 0 Å². The van der Waals surface area contributed by atoms with E-state index < -0.39 is 0 Å². The van der Waals surface area contributed by atoms with Crippen molar-refractivity contribution in [1.82, 2.24) is 0 Å². The van der Waals surface area contributed by atoms with Gasteiger partial charge in [0.1, 0.15) is 0 Å². The topological polar surface area (TPSA) is 38.3 Å². The molecule has 0 aromatic heterocycles. The van der Waals surface area contributed by atoms with Gasteiger partial charge in [-0.2, -0.15) is 0 Å². The Bertz CT molecular complexity index is 372. The zero-order valence-electron chi connectivity index (χ0n) is 9.94. The van der Waals surface area contributed by atoms with Gasteiger partial charge in [-0.1, -0.05) is 0 Å². The quantitative estimate of drug-likeness (QED) is 0.836. The molecule has 2 rings (SSSR count). The molecule has 0 bridgehead atoms.